The predicted octanol–water partition coefficient (Wildman–Crippen LogP) is 3.10. The van der Waals surface area contributed by atoms with Gasteiger partial charge in [-0.25, -0.2) is 4.79 Å². The molecule has 0 heterocycles. The van der Waals surface area contributed by atoms with Crippen LogP contribution in [-0.4, -0.2) is 19.3 Å². The fourth-order valence-electron chi connectivity index (χ4n) is 1.83. The molecule has 0 radical (unpaired) electrons. The van der Waals surface area contributed by atoms with Crippen molar-refractivity contribution in [2.24, 2.45) is 11.7 Å². The summed E-state index contributed by atoms with van der Waals surface area (Å²) in [6.07, 6.45) is -1.49. The number of hydrogen-bond donors (Lipinski definition) is 1. The van der Waals surface area contributed by atoms with Crippen LogP contribution >= 0.6 is 22.6 Å². The largest absolute Gasteiger partial charge is 0.443 e. The van der Waals surface area contributed by atoms with Gasteiger partial charge in [-0.05, 0) is 40.1 Å². The molecule has 100 valence electrons. The first kappa shape index (κ1) is 15.2. The van der Waals surface area contributed by atoms with Crippen molar-refractivity contribution < 1.29 is 14.3 Å². The Kier molecular flexibility index (Phi) is 5.87. The third kappa shape index (κ3) is 3.84. The summed E-state index contributed by atoms with van der Waals surface area (Å²) in [5.41, 5.74) is 6.12. The lowest BCUT2D eigenvalue weighted by Crippen LogP contribution is -2.33. The molecule has 0 unspecified atom stereocenters. The average Bonchev–Trinajstić information content (AvgIpc) is 2.30. The lowest BCUT2D eigenvalue weighted by Gasteiger charge is -2.29. The maximum atomic E-state index is 11.0. The minimum atomic E-state index is -0.776. The van der Waals surface area contributed by atoms with Gasteiger partial charge in [0.2, 0.25) is 0 Å². The Morgan fingerprint density at radius 2 is 1.94 bits per heavy atom. The molecular weight excluding hydrogens is 345 g/mol. The Morgan fingerprint density at radius 1 is 1.33 bits per heavy atom. The van der Waals surface area contributed by atoms with E-state index >= 15 is 0 Å². The highest BCUT2D eigenvalue weighted by atomic mass is 127. The number of amides is 1. The van der Waals surface area contributed by atoms with Gasteiger partial charge in [0.05, 0.1) is 0 Å². The average molecular weight is 363 g/mol. The summed E-state index contributed by atoms with van der Waals surface area (Å²) < 4.78 is 11.8. The first-order chi connectivity index (χ1) is 8.47. The number of ether oxygens (including phenoxy) is 2. The van der Waals surface area contributed by atoms with Gasteiger partial charge < -0.3 is 15.2 Å². The summed E-state index contributed by atoms with van der Waals surface area (Å²) >= 11 is 2.24. The summed E-state index contributed by atoms with van der Waals surface area (Å²) in [5.74, 6) is 0.110. The van der Waals surface area contributed by atoms with E-state index in [1.165, 1.54) is 0 Å². The van der Waals surface area contributed by atoms with Crippen LogP contribution in [0.5, 0.6) is 0 Å². The van der Waals surface area contributed by atoms with E-state index in [2.05, 4.69) is 22.6 Å². The van der Waals surface area contributed by atoms with Gasteiger partial charge >= 0.3 is 6.09 Å². The maximum Gasteiger partial charge on any atom is 0.404 e. The van der Waals surface area contributed by atoms with E-state index in [-0.39, 0.29) is 12.0 Å². The fraction of sp³-hybridized carbons (Fsp3) is 0.462. The van der Waals surface area contributed by atoms with E-state index in [9.17, 15) is 4.79 Å². The summed E-state index contributed by atoms with van der Waals surface area (Å²) in [6.45, 7) is 3.94. The van der Waals surface area contributed by atoms with E-state index < -0.39 is 12.2 Å². The highest BCUT2D eigenvalue weighted by molar-refractivity contribution is 14.1. The molecule has 0 saturated carbocycles. The molecule has 0 aliphatic heterocycles. The van der Waals surface area contributed by atoms with Crippen molar-refractivity contribution in [1.29, 1.82) is 0 Å². The molecule has 2 atom stereocenters. The maximum absolute atomic E-state index is 11.0. The third-order valence-corrected chi connectivity index (χ3v) is 3.66. The van der Waals surface area contributed by atoms with Crippen LogP contribution in [0.3, 0.4) is 0 Å². The molecule has 0 bridgehead atoms. The van der Waals surface area contributed by atoms with Crippen molar-refractivity contribution in [3.8, 4) is 0 Å². The summed E-state index contributed by atoms with van der Waals surface area (Å²) in [7, 11) is 1.60. The van der Waals surface area contributed by atoms with Gasteiger partial charge in [-0.2, -0.15) is 0 Å². The number of hydrogen-bond acceptors (Lipinski definition) is 3. The summed E-state index contributed by atoms with van der Waals surface area (Å²) in [6, 6.07) is 7.85. The summed E-state index contributed by atoms with van der Waals surface area (Å²) in [4.78, 5) is 11.0. The van der Waals surface area contributed by atoms with Crippen LogP contribution in [-0.2, 0) is 9.47 Å². The minimum Gasteiger partial charge on any atom is -0.443 e. The Labute approximate surface area is 121 Å². The van der Waals surface area contributed by atoms with E-state index in [0.717, 1.165) is 9.13 Å². The molecule has 1 aromatic carbocycles. The molecule has 0 saturated heterocycles. The highest BCUT2D eigenvalue weighted by Crippen LogP contribution is 2.30. The zero-order chi connectivity index (χ0) is 13.7. The highest BCUT2D eigenvalue weighted by Gasteiger charge is 2.30. The van der Waals surface area contributed by atoms with Crippen LogP contribution in [0.4, 0.5) is 4.79 Å². The van der Waals surface area contributed by atoms with E-state index in [4.69, 9.17) is 15.2 Å². The molecule has 0 aliphatic carbocycles. The monoisotopic (exact) mass is 363 g/mol. The molecule has 1 amide bonds. The number of nitrogens with two attached hydrogens (primary N) is 1. The minimum absolute atomic E-state index is 0.110. The molecule has 0 aliphatic rings. The van der Waals surface area contributed by atoms with Gasteiger partial charge in [0, 0.05) is 10.7 Å². The van der Waals surface area contributed by atoms with Gasteiger partial charge in [-0.1, -0.05) is 32.0 Å². The molecule has 0 aromatic heterocycles. The van der Waals surface area contributed by atoms with Gasteiger partial charge in [0.15, 0.2) is 0 Å². The first-order valence-electron chi connectivity index (χ1n) is 5.70. The number of methoxy groups -OCH3 is 1. The lowest BCUT2D eigenvalue weighted by atomic mass is 9.96. The van der Waals surface area contributed by atoms with Crippen LogP contribution in [0.25, 0.3) is 0 Å². The number of benzene rings is 1. The van der Waals surface area contributed by atoms with Crippen molar-refractivity contribution in [1.82, 2.24) is 0 Å². The van der Waals surface area contributed by atoms with Crippen molar-refractivity contribution >= 4 is 28.7 Å². The number of carbonyl (C=O) groups excluding carboxylic acids is 1. The topological polar surface area (TPSA) is 61.6 Å². The molecular formula is C13H18INO3. The van der Waals surface area contributed by atoms with E-state index in [1.807, 2.05) is 38.1 Å². The van der Waals surface area contributed by atoms with Gasteiger partial charge in [0.25, 0.3) is 0 Å². The van der Waals surface area contributed by atoms with Crippen molar-refractivity contribution in [2.45, 2.75) is 26.1 Å². The van der Waals surface area contributed by atoms with Crippen LogP contribution in [0.15, 0.2) is 24.3 Å². The normalized spacial score (nSPS) is 14.3. The Balaban J connectivity index is 3.06. The molecule has 1 rings (SSSR count). The molecule has 18 heavy (non-hydrogen) atoms. The van der Waals surface area contributed by atoms with Gasteiger partial charge in [-0.3, -0.25) is 0 Å². The van der Waals surface area contributed by atoms with Crippen LogP contribution < -0.4 is 5.73 Å². The van der Waals surface area contributed by atoms with Crippen molar-refractivity contribution in [2.75, 3.05) is 7.11 Å². The SMILES string of the molecule is CO[C@H](c1ccccc1I)[C@H](OC(N)=O)C(C)C. The smallest absolute Gasteiger partial charge is 0.404 e. The second kappa shape index (κ2) is 6.94. The quantitative estimate of drug-likeness (QED) is 0.818. The zero-order valence-corrected chi connectivity index (χ0v) is 12.9. The van der Waals surface area contributed by atoms with Crippen LogP contribution in [0.2, 0.25) is 0 Å². The number of halogens is 1. The first-order valence-corrected chi connectivity index (χ1v) is 6.78. The third-order valence-electron chi connectivity index (χ3n) is 2.67. The van der Waals surface area contributed by atoms with Crippen molar-refractivity contribution in [3.63, 3.8) is 0 Å². The van der Waals surface area contributed by atoms with Gasteiger partial charge in [-0.15, -0.1) is 0 Å². The molecule has 4 nitrogen and oxygen atoms in total. The molecule has 0 spiro atoms. The molecule has 1 aromatic rings. The Morgan fingerprint density at radius 3 is 2.39 bits per heavy atom. The number of primary amides is 1. The van der Waals surface area contributed by atoms with E-state index in [0.29, 0.717) is 0 Å². The fourth-order valence-corrected chi connectivity index (χ4v) is 2.52. The Hall–Kier alpha value is -0.820. The van der Waals surface area contributed by atoms with Crippen LogP contribution in [0.1, 0.15) is 25.5 Å². The molecule has 2 N–H and O–H groups in total. The second-order valence-corrected chi connectivity index (χ2v) is 5.49. The van der Waals surface area contributed by atoms with Crippen LogP contribution in [0, 0.1) is 9.49 Å². The van der Waals surface area contributed by atoms with Gasteiger partial charge in [0.1, 0.15) is 12.2 Å². The standard InChI is InChI=1S/C13H18INO3/c1-8(2)11(18-13(15)16)12(17-3)9-6-4-5-7-10(9)14/h4-8,11-12H,1-3H3,(H2,15,16)/t11-,12-/m1/s1. The number of carbonyl (C=O) groups is 1. The predicted molar refractivity (Wildman–Crippen MR) is 78.2 cm³/mol. The lowest BCUT2D eigenvalue weighted by molar-refractivity contribution is -0.0428. The molecule has 5 heteroatoms. The second-order valence-electron chi connectivity index (χ2n) is 4.32. The zero-order valence-electron chi connectivity index (χ0n) is 10.7. The summed E-state index contributed by atoms with van der Waals surface area (Å²) in [5, 5.41) is 0. The number of rotatable bonds is 5. The Bertz CT molecular complexity index is 409. The van der Waals surface area contributed by atoms with Crippen molar-refractivity contribution in [3.05, 3.63) is 33.4 Å². The molecule has 0 fully saturated rings. The van der Waals surface area contributed by atoms with E-state index in [1.54, 1.807) is 7.11 Å².